The summed E-state index contributed by atoms with van der Waals surface area (Å²) >= 11 is 0. The quantitative estimate of drug-likeness (QED) is 0.328. The molecule has 0 aliphatic rings. The van der Waals surface area contributed by atoms with Gasteiger partial charge in [-0.05, 0) is 48.7 Å². The van der Waals surface area contributed by atoms with Crippen LogP contribution in [0, 0.1) is 6.92 Å². The summed E-state index contributed by atoms with van der Waals surface area (Å²) in [7, 11) is -4.14. The number of fused-ring (bicyclic) bond motifs is 5. The van der Waals surface area contributed by atoms with Gasteiger partial charge in [-0.3, -0.25) is 0 Å². The summed E-state index contributed by atoms with van der Waals surface area (Å²) in [6.45, 7) is 1.84. The SMILES string of the molecule is Cc1ccc(S(=O)(=O)n2c3ccc(C(F)(F)F)cc3c3c(N)cc4ccccc4c32)cc1. The highest BCUT2D eigenvalue weighted by atomic mass is 32.2. The molecular weight excluding hydrogens is 437 g/mol. The van der Waals surface area contributed by atoms with Gasteiger partial charge < -0.3 is 5.73 Å². The number of nitrogens with two attached hydrogens (primary N) is 1. The molecule has 0 fully saturated rings. The Morgan fingerprint density at radius 3 is 2.25 bits per heavy atom. The Labute approximate surface area is 181 Å². The van der Waals surface area contributed by atoms with E-state index in [0.717, 1.165) is 21.7 Å². The number of aromatic nitrogens is 1. The minimum Gasteiger partial charge on any atom is -0.398 e. The summed E-state index contributed by atoms with van der Waals surface area (Å²) < 4.78 is 69.0. The lowest BCUT2D eigenvalue weighted by Crippen LogP contribution is -2.13. The molecule has 0 unspecified atom stereocenters. The van der Waals surface area contributed by atoms with E-state index < -0.39 is 21.8 Å². The molecule has 0 aliphatic carbocycles. The zero-order valence-corrected chi connectivity index (χ0v) is 17.6. The van der Waals surface area contributed by atoms with Gasteiger partial charge in [0.25, 0.3) is 10.0 Å². The second-order valence-electron chi connectivity index (χ2n) is 7.72. The van der Waals surface area contributed by atoms with Crippen molar-refractivity contribution in [3.8, 4) is 0 Å². The molecule has 0 saturated carbocycles. The van der Waals surface area contributed by atoms with E-state index >= 15 is 0 Å². The number of hydrogen-bond donors (Lipinski definition) is 1. The van der Waals surface area contributed by atoms with Gasteiger partial charge >= 0.3 is 6.18 Å². The number of nitrogens with zero attached hydrogens (tertiary/aromatic N) is 1. The van der Waals surface area contributed by atoms with Crippen LogP contribution in [-0.2, 0) is 16.2 Å². The lowest BCUT2D eigenvalue weighted by Gasteiger charge is -2.12. The van der Waals surface area contributed by atoms with Gasteiger partial charge in [0.05, 0.1) is 21.5 Å². The number of rotatable bonds is 2. The molecule has 8 heteroatoms. The minimum atomic E-state index is -4.58. The molecule has 0 bridgehead atoms. The van der Waals surface area contributed by atoms with Gasteiger partial charge in [0.1, 0.15) is 0 Å². The predicted octanol–water partition coefficient (Wildman–Crippen LogP) is 6.09. The van der Waals surface area contributed by atoms with Gasteiger partial charge in [0.15, 0.2) is 0 Å². The summed E-state index contributed by atoms with van der Waals surface area (Å²) in [5.41, 5.74) is 6.89. The van der Waals surface area contributed by atoms with Gasteiger partial charge in [-0.2, -0.15) is 13.2 Å². The Morgan fingerprint density at radius 1 is 0.875 bits per heavy atom. The summed E-state index contributed by atoms with van der Waals surface area (Å²) in [5, 5.41) is 1.68. The van der Waals surface area contributed by atoms with E-state index in [2.05, 4.69) is 0 Å². The van der Waals surface area contributed by atoms with E-state index in [-0.39, 0.29) is 32.4 Å². The molecule has 4 aromatic carbocycles. The maximum atomic E-state index is 13.8. The second kappa shape index (κ2) is 6.74. The van der Waals surface area contributed by atoms with Crippen molar-refractivity contribution in [3.63, 3.8) is 0 Å². The van der Waals surface area contributed by atoms with Crippen LogP contribution in [0.2, 0.25) is 0 Å². The molecule has 5 rings (SSSR count). The molecule has 0 atom stereocenters. The van der Waals surface area contributed by atoms with E-state index in [0.29, 0.717) is 10.8 Å². The van der Waals surface area contributed by atoms with E-state index in [1.165, 1.54) is 18.2 Å². The fourth-order valence-corrected chi connectivity index (χ4v) is 5.66. The molecule has 0 aliphatic heterocycles. The van der Waals surface area contributed by atoms with Crippen molar-refractivity contribution in [2.45, 2.75) is 18.0 Å². The van der Waals surface area contributed by atoms with Crippen LogP contribution in [-0.4, -0.2) is 12.4 Å². The smallest absolute Gasteiger partial charge is 0.398 e. The second-order valence-corrected chi connectivity index (χ2v) is 9.51. The number of benzene rings is 4. The van der Waals surface area contributed by atoms with Crippen LogP contribution in [0.15, 0.2) is 77.7 Å². The summed E-state index contributed by atoms with van der Waals surface area (Å²) in [4.78, 5) is 0.0355. The van der Waals surface area contributed by atoms with E-state index in [9.17, 15) is 21.6 Å². The zero-order chi connectivity index (χ0) is 22.8. The molecule has 1 aromatic heterocycles. The molecule has 162 valence electrons. The molecule has 0 amide bonds. The average Bonchev–Trinajstić information content (AvgIpc) is 3.09. The van der Waals surface area contributed by atoms with Crippen LogP contribution in [0.5, 0.6) is 0 Å². The largest absolute Gasteiger partial charge is 0.416 e. The third-order valence-electron chi connectivity index (χ3n) is 5.63. The topological polar surface area (TPSA) is 65.1 Å². The molecule has 2 N–H and O–H groups in total. The van der Waals surface area contributed by atoms with Crippen LogP contribution >= 0.6 is 0 Å². The van der Waals surface area contributed by atoms with Crippen LogP contribution in [0.1, 0.15) is 11.1 Å². The maximum absolute atomic E-state index is 13.8. The van der Waals surface area contributed by atoms with Gasteiger partial charge in [0.2, 0.25) is 0 Å². The van der Waals surface area contributed by atoms with Crippen molar-refractivity contribution in [2.75, 3.05) is 5.73 Å². The van der Waals surface area contributed by atoms with Crippen molar-refractivity contribution < 1.29 is 21.6 Å². The first-order chi connectivity index (χ1) is 15.1. The Bertz CT molecular complexity index is 1630. The molecule has 0 radical (unpaired) electrons. The van der Waals surface area contributed by atoms with Crippen LogP contribution in [0.4, 0.5) is 18.9 Å². The summed E-state index contributed by atoms with van der Waals surface area (Å²) in [5.74, 6) is 0. The fourth-order valence-electron chi connectivity index (χ4n) is 4.12. The number of halogens is 3. The molecule has 0 spiro atoms. The highest BCUT2D eigenvalue weighted by molar-refractivity contribution is 7.90. The maximum Gasteiger partial charge on any atom is 0.416 e. The van der Waals surface area contributed by atoms with E-state index in [1.807, 2.05) is 6.92 Å². The summed E-state index contributed by atoms with van der Waals surface area (Å²) in [6.07, 6.45) is -4.58. The molecule has 4 nitrogen and oxygen atoms in total. The Morgan fingerprint density at radius 2 is 1.56 bits per heavy atom. The normalized spacial score (nSPS) is 12.8. The van der Waals surface area contributed by atoms with Crippen molar-refractivity contribution in [2.24, 2.45) is 0 Å². The predicted molar refractivity (Wildman–Crippen MR) is 120 cm³/mol. The fraction of sp³-hybridized carbons (Fsp3) is 0.0833. The van der Waals surface area contributed by atoms with E-state index in [4.69, 9.17) is 5.73 Å². The molecule has 0 saturated heterocycles. The van der Waals surface area contributed by atoms with Crippen LogP contribution in [0.25, 0.3) is 32.6 Å². The third kappa shape index (κ3) is 2.94. The Balaban J connectivity index is 2.02. The lowest BCUT2D eigenvalue weighted by atomic mass is 10.0. The Kier molecular flexibility index (Phi) is 4.29. The van der Waals surface area contributed by atoms with Crippen LogP contribution in [0.3, 0.4) is 0 Å². The highest BCUT2D eigenvalue weighted by Gasteiger charge is 2.32. The highest BCUT2D eigenvalue weighted by Crippen LogP contribution is 2.42. The van der Waals surface area contributed by atoms with Crippen molar-refractivity contribution in [1.82, 2.24) is 3.97 Å². The van der Waals surface area contributed by atoms with Crippen molar-refractivity contribution in [3.05, 3.63) is 83.9 Å². The average molecular weight is 454 g/mol. The van der Waals surface area contributed by atoms with Gasteiger partial charge in [0, 0.05) is 21.8 Å². The molecule has 32 heavy (non-hydrogen) atoms. The number of anilines is 1. The Hall–Kier alpha value is -3.52. The molecular formula is C24H17F3N2O2S. The van der Waals surface area contributed by atoms with Crippen LogP contribution < -0.4 is 5.73 Å². The number of nitrogen functional groups attached to an aromatic ring is 1. The minimum absolute atomic E-state index is 0.0355. The first-order valence-electron chi connectivity index (χ1n) is 9.74. The number of aryl methyl sites for hydroxylation is 1. The first kappa shape index (κ1) is 20.4. The van der Waals surface area contributed by atoms with Crippen molar-refractivity contribution >= 4 is 48.3 Å². The number of hydrogen-bond acceptors (Lipinski definition) is 3. The van der Waals surface area contributed by atoms with Gasteiger partial charge in [-0.1, -0.05) is 42.0 Å². The number of alkyl halides is 3. The molecule has 5 aromatic rings. The lowest BCUT2D eigenvalue weighted by molar-refractivity contribution is -0.137. The van der Waals surface area contributed by atoms with Gasteiger partial charge in [-0.25, -0.2) is 12.4 Å². The first-order valence-corrected chi connectivity index (χ1v) is 11.2. The molecule has 1 heterocycles. The zero-order valence-electron chi connectivity index (χ0n) is 16.8. The third-order valence-corrected chi connectivity index (χ3v) is 7.35. The monoisotopic (exact) mass is 454 g/mol. The van der Waals surface area contributed by atoms with E-state index in [1.54, 1.807) is 42.5 Å². The van der Waals surface area contributed by atoms with Crippen molar-refractivity contribution in [1.29, 1.82) is 0 Å². The standard InChI is InChI=1S/C24H17F3N2O2S/c1-14-6-9-17(10-7-14)32(30,31)29-21-11-8-16(24(25,26)27)13-19(21)22-20(28)12-15-4-2-3-5-18(15)23(22)29/h2-13H,28H2,1H3. The summed E-state index contributed by atoms with van der Waals surface area (Å²) in [6, 6.07) is 18.1. The van der Waals surface area contributed by atoms with Gasteiger partial charge in [-0.15, -0.1) is 0 Å².